The number of ketones is 1. The van der Waals surface area contributed by atoms with Gasteiger partial charge in [0.25, 0.3) is 0 Å². The van der Waals surface area contributed by atoms with Gasteiger partial charge in [-0.2, -0.15) is 0 Å². The van der Waals surface area contributed by atoms with Gasteiger partial charge in [0.1, 0.15) is 0 Å². The van der Waals surface area contributed by atoms with Crippen LogP contribution in [0.2, 0.25) is 0 Å². The van der Waals surface area contributed by atoms with E-state index in [-0.39, 0.29) is 11.2 Å². The van der Waals surface area contributed by atoms with Crippen LogP contribution in [-0.2, 0) is 4.79 Å². The zero-order valence-electron chi connectivity index (χ0n) is 8.50. The Hall–Kier alpha value is -1.08. The highest BCUT2D eigenvalue weighted by Gasteiger charge is 2.36. The molecule has 0 aromatic carbocycles. The Balaban J connectivity index is 2.43. The van der Waals surface area contributed by atoms with Crippen molar-refractivity contribution in [2.45, 2.75) is 19.3 Å². The molecule has 1 spiro atoms. The number of carbonyl (C=O) groups excluding carboxylic acids is 1. The van der Waals surface area contributed by atoms with E-state index in [2.05, 4.69) is 6.58 Å². The summed E-state index contributed by atoms with van der Waals surface area (Å²) in [4.78, 5) is 11.3. The minimum Gasteiger partial charge on any atom is -0.288 e. The molecule has 2 aliphatic rings. The lowest BCUT2D eigenvalue weighted by Gasteiger charge is -2.26. The van der Waals surface area contributed by atoms with Gasteiger partial charge in [0.15, 0.2) is 5.78 Å². The fourth-order valence-electron chi connectivity index (χ4n) is 2.35. The zero-order chi connectivity index (χ0) is 10.9. The maximum absolute atomic E-state index is 11.3. The molecule has 0 heterocycles. The molecule has 2 heteroatoms. The van der Waals surface area contributed by atoms with E-state index in [1.165, 1.54) is 5.57 Å². The number of halogens is 1. The van der Waals surface area contributed by atoms with E-state index in [1.807, 2.05) is 18.2 Å². The third-order valence-corrected chi connectivity index (χ3v) is 3.40. The second-order valence-electron chi connectivity index (χ2n) is 4.01. The van der Waals surface area contributed by atoms with Gasteiger partial charge in [0, 0.05) is 5.41 Å². The van der Waals surface area contributed by atoms with Gasteiger partial charge < -0.3 is 0 Å². The van der Waals surface area contributed by atoms with Crippen LogP contribution in [0.25, 0.3) is 0 Å². The molecule has 0 amide bonds. The zero-order valence-corrected chi connectivity index (χ0v) is 9.26. The summed E-state index contributed by atoms with van der Waals surface area (Å²) in [7, 11) is 0. The molecule has 0 N–H and O–H groups in total. The van der Waals surface area contributed by atoms with Gasteiger partial charge in [0.2, 0.25) is 0 Å². The van der Waals surface area contributed by atoms with E-state index < -0.39 is 0 Å². The summed E-state index contributed by atoms with van der Waals surface area (Å²) in [5, 5.41) is 0.342. The third-order valence-electron chi connectivity index (χ3n) is 3.11. The van der Waals surface area contributed by atoms with Gasteiger partial charge in [-0.1, -0.05) is 42.0 Å². The minimum absolute atomic E-state index is 0.0906. The molecule has 0 aliphatic heterocycles. The van der Waals surface area contributed by atoms with Crippen molar-refractivity contribution in [3.8, 4) is 0 Å². The average Bonchev–Trinajstić information content (AvgIpc) is 2.57. The van der Waals surface area contributed by atoms with Gasteiger partial charge in [0.05, 0.1) is 5.03 Å². The number of hydrogen-bond donors (Lipinski definition) is 0. The van der Waals surface area contributed by atoms with Crippen LogP contribution in [0.1, 0.15) is 19.3 Å². The maximum Gasteiger partial charge on any atom is 0.196 e. The second-order valence-corrected chi connectivity index (χ2v) is 4.42. The number of allylic oxidation sites excluding steroid dienone is 7. The molecule has 0 bridgehead atoms. The summed E-state index contributed by atoms with van der Waals surface area (Å²) in [6.45, 7) is 3.72. The molecule has 2 rings (SSSR count). The first kappa shape index (κ1) is 10.4. The second kappa shape index (κ2) is 3.82. The van der Waals surface area contributed by atoms with Crippen LogP contribution in [-0.4, -0.2) is 5.78 Å². The van der Waals surface area contributed by atoms with Crippen molar-refractivity contribution >= 4 is 17.4 Å². The van der Waals surface area contributed by atoms with Gasteiger partial charge in [-0.3, -0.25) is 4.79 Å². The largest absolute Gasteiger partial charge is 0.288 e. The van der Waals surface area contributed by atoms with Gasteiger partial charge in [-0.25, -0.2) is 0 Å². The van der Waals surface area contributed by atoms with Gasteiger partial charge >= 0.3 is 0 Å². The molecular weight excluding hydrogens is 208 g/mol. The molecule has 1 fully saturated rings. The summed E-state index contributed by atoms with van der Waals surface area (Å²) in [5.41, 5.74) is 1.19. The fraction of sp³-hybridized carbons (Fsp3) is 0.308. The molecule has 1 atom stereocenters. The van der Waals surface area contributed by atoms with E-state index in [0.29, 0.717) is 5.03 Å². The highest BCUT2D eigenvalue weighted by atomic mass is 35.5. The Morgan fingerprint density at radius 3 is 3.00 bits per heavy atom. The molecule has 1 unspecified atom stereocenters. The lowest BCUT2D eigenvalue weighted by Crippen LogP contribution is -2.18. The van der Waals surface area contributed by atoms with Gasteiger partial charge in [-0.05, 0) is 31.4 Å². The molecule has 0 radical (unpaired) electrons. The van der Waals surface area contributed by atoms with Crippen molar-refractivity contribution < 1.29 is 4.79 Å². The van der Waals surface area contributed by atoms with Crippen LogP contribution in [0.4, 0.5) is 0 Å². The van der Waals surface area contributed by atoms with Crippen LogP contribution in [0, 0.1) is 5.41 Å². The van der Waals surface area contributed by atoms with Crippen LogP contribution < -0.4 is 0 Å². The molecule has 0 aromatic rings. The number of rotatable bonds is 1. The quantitative estimate of drug-likeness (QED) is 0.661. The molecule has 1 nitrogen and oxygen atoms in total. The molecule has 0 aromatic heterocycles. The fourth-order valence-corrected chi connectivity index (χ4v) is 2.61. The monoisotopic (exact) mass is 220 g/mol. The Labute approximate surface area is 94.8 Å². The first-order chi connectivity index (χ1) is 7.18. The van der Waals surface area contributed by atoms with Crippen LogP contribution >= 0.6 is 11.6 Å². The number of hydrogen-bond acceptors (Lipinski definition) is 1. The van der Waals surface area contributed by atoms with Crippen LogP contribution in [0.5, 0.6) is 0 Å². The Morgan fingerprint density at radius 1 is 1.53 bits per heavy atom. The summed E-state index contributed by atoms with van der Waals surface area (Å²) in [6, 6.07) is 0. The van der Waals surface area contributed by atoms with Crippen molar-refractivity contribution in [3.05, 3.63) is 47.6 Å². The molecule has 78 valence electrons. The van der Waals surface area contributed by atoms with E-state index in [0.717, 1.165) is 19.3 Å². The Bertz CT molecular complexity index is 401. The van der Waals surface area contributed by atoms with Crippen molar-refractivity contribution in [2.24, 2.45) is 5.41 Å². The smallest absolute Gasteiger partial charge is 0.196 e. The third kappa shape index (κ3) is 1.72. The van der Waals surface area contributed by atoms with Crippen LogP contribution in [0.15, 0.2) is 47.6 Å². The summed E-state index contributed by atoms with van der Waals surface area (Å²) < 4.78 is 0. The Kier molecular flexibility index (Phi) is 2.66. The highest BCUT2D eigenvalue weighted by molar-refractivity contribution is 6.44. The molecule has 2 aliphatic carbocycles. The standard InChI is InChI=1S/C13H13ClO/c1-2-4-10-5-3-7-13(10)8-6-12(15)11(14)9-13/h2,4,6,8-9H,1,3,5,7H2/b10-4+. The van der Waals surface area contributed by atoms with Crippen molar-refractivity contribution in [2.75, 3.05) is 0 Å². The molecular formula is C13H13ClO. The summed E-state index contributed by atoms with van der Waals surface area (Å²) in [6.07, 6.45) is 12.5. The van der Waals surface area contributed by atoms with Gasteiger partial charge in [-0.15, -0.1) is 0 Å². The number of carbonyl (C=O) groups is 1. The predicted molar refractivity (Wildman–Crippen MR) is 62.6 cm³/mol. The lowest BCUT2D eigenvalue weighted by molar-refractivity contribution is -0.111. The average molecular weight is 221 g/mol. The van der Waals surface area contributed by atoms with E-state index in [4.69, 9.17) is 11.6 Å². The lowest BCUT2D eigenvalue weighted by atomic mass is 9.78. The molecule has 1 saturated carbocycles. The first-order valence-electron chi connectivity index (χ1n) is 5.12. The van der Waals surface area contributed by atoms with Crippen LogP contribution in [0.3, 0.4) is 0 Å². The van der Waals surface area contributed by atoms with E-state index >= 15 is 0 Å². The topological polar surface area (TPSA) is 17.1 Å². The highest BCUT2D eigenvalue weighted by Crippen LogP contribution is 2.47. The molecule has 15 heavy (non-hydrogen) atoms. The SMILES string of the molecule is C=C/C=C1\CCCC12C=CC(=O)C(Cl)=C2. The maximum atomic E-state index is 11.3. The summed E-state index contributed by atoms with van der Waals surface area (Å²) >= 11 is 5.91. The predicted octanol–water partition coefficient (Wildman–Crippen LogP) is 3.53. The van der Waals surface area contributed by atoms with E-state index in [9.17, 15) is 4.79 Å². The van der Waals surface area contributed by atoms with Crippen molar-refractivity contribution in [3.63, 3.8) is 0 Å². The van der Waals surface area contributed by atoms with E-state index in [1.54, 1.807) is 12.2 Å². The minimum atomic E-state index is -0.112. The van der Waals surface area contributed by atoms with Crippen molar-refractivity contribution in [1.82, 2.24) is 0 Å². The first-order valence-corrected chi connectivity index (χ1v) is 5.50. The Morgan fingerprint density at radius 2 is 2.33 bits per heavy atom. The van der Waals surface area contributed by atoms with Crippen molar-refractivity contribution in [1.29, 1.82) is 0 Å². The molecule has 0 saturated heterocycles. The normalized spacial score (nSPS) is 32.5. The summed E-state index contributed by atoms with van der Waals surface area (Å²) in [5.74, 6) is -0.0906.